The van der Waals surface area contributed by atoms with Gasteiger partial charge in [0.1, 0.15) is 22.8 Å². The minimum atomic E-state index is -1.47. The highest BCUT2D eigenvalue weighted by atomic mass is 16.6. The average molecular weight is 644 g/mol. The number of rotatable bonds is 15. The molecule has 46 heavy (non-hydrogen) atoms. The molecule has 0 aliphatic carbocycles. The molecule has 0 bridgehead atoms. The van der Waals surface area contributed by atoms with E-state index < -0.39 is 95.2 Å². The minimum absolute atomic E-state index is 0.198. The van der Waals surface area contributed by atoms with E-state index in [4.69, 9.17) is 29.5 Å². The van der Waals surface area contributed by atoms with Crippen molar-refractivity contribution in [2.45, 2.75) is 0 Å². The Kier molecular flexibility index (Phi) is 10.9. The van der Waals surface area contributed by atoms with Crippen LogP contribution in [-0.4, -0.2) is 97.8 Å². The highest BCUT2D eigenvalue weighted by Crippen LogP contribution is 2.28. The molecule has 0 saturated carbocycles. The highest BCUT2D eigenvalue weighted by molar-refractivity contribution is 6.06. The Labute approximate surface area is 254 Å². The summed E-state index contributed by atoms with van der Waals surface area (Å²) in [6.45, 7) is -2.87. The Morgan fingerprint density at radius 1 is 0.674 bits per heavy atom. The van der Waals surface area contributed by atoms with E-state index in [2.05, 4.69) is 30.3 Å². The summed E-state index contributed by atoms with van der Waals surface area (Å²) in [5.41, 5.74) is -2.40. The first-order valence-corrected chi connectivity index (χ1v) is 12.2. The Morgan fingerprint density at radius 2 is 1.07 bits per heavy atom. The molecule has 2 amide bonds. The summed E-state index contributed by atoms with van der Waals surface area (Å²) in [5.74, 6) is -9.05. The van der Waals surface area contributed by atoms with Gasteiger partial charge >= 0.3 is 29.6 Å². The van der Waals surface area contributed by atoms with Crippen molar-refractivity contribution in [1.29, 1.82) is 0 Å². The Balaban J connectivity index is 1.91. The summed E-state index contributed by atoms with van der Waals surface area (Å²) in [6.07, 6.45) is 0. The monoisotopic (exact) mass is 644 g/mol. The lowest BCUT2D eigenvalue weighted by Gasteiger charge is -2.14. The zero-order chi connectivity index (χ0) is 34.0. The molecule has 3 aromatic rings. The molecule has 240 valence electrons. The van der Waals surface area contributed by atoms with Gasteiger partial charge in [0.15, 0.2) is 25.5 Å². The first kappa shape index (κ1) is 33.6. The molecule has 0 unspecified atom stereocenters. The third-order valence-electron chi connectivity index (χ3n) is 5.11. The molecule has 3 aromatic heterocycles. The van der Waals surface area contributed by atoms with E-state index in [1.165, 1.54) is 0 Å². The van der Waals surface area contributed by atoms with Gasteiger partial charge in [-0.2, -0.15) is 0 Å². The molecule has 0 aromatic carbocycles. The van der Waals surface area contributed by atoms with Gasteiger partial charge in [-0.05, 0) is 30.3 Å². The zero-order valence-corrected chi connectivity index (χ0v) is 23.1. The van der Waals surface area contributed by atoms with Crippen LogP contribution in [0.5, 0.6) is 17.6 Å². The summed E-state index contributed by atoms with van der Waals surface area (Å²) in [4.78, 5) is 92.4. The number of nitrogens with zero attached hydrogens (tertiary/aromatic N) is 4. The SMILES string of the molecule is COC(=O)c1ccc(NC(=O)c2ccc(NC(=O)c3ccc([N+](=O)[O-])c(OCC(=O)O)n3)c(OCC(=O)O)n2)c(OCC(=O)O)n1. The topological polar surface area (TPSA) is 306 Å². The van der Waals surface area contributed by atoms with E-state index in [0.29, 0.717) is 0 Å². The molecule has 0 saturated heterocycles. The molecule has 0 fully saturated rings. The zero-order valence-electron chi connectivity index (χ0n) is 23.1. The van der Waals surface area contributed by atoms with Crippen molar-refractivity contribution in [3.8, 4) is 17.6 Å². The Hall–Kier alpha value is -6.93. The lowest BCUT2D eigenvalue weighted by molar-refractivity contribution is -0.386. The van der Waals surface area contributed by atoms with Gasteiger partial charge < -0.3 is 44.9 Å². The molecule has 0 radical (unpaired) electrons. The molecule has 0 aliphatic rings. The normalized spacial score (nSPS) is 10.2. The number of carboxylic acids is 3. The van der Waals surface area contributed by atoms with Crippen LogP contribution in [0.2, 0.25) is 0 Å². The molecule has 0 aliphatic heterocycles. The fourth-order valence-electron chi connectivity index (χ4n) is 3.20. The summed E-state index contributed by atoms with van der Waals surface area (Å²) in [5, 5.41) is 42.6. The first-order chi connectivity index (χ1) is 21.8. The van der Waals surface area contributed by atoms with Crippen LogP contribution in [0.3, 0.4) is 0 Å². The molecule has 21 heteroatoms. The number of aromatic nitrogens is 3. The number of carboxylic acid groups (broad SMARTS) is 3. The second kappa shape index (κ2) is 15.0. The molecule has 3 rings (SSSR count). The van der Waals surface area contributed by atoms with Crippen LogP contribution in [0.25, 0.3) is 0 Å². The van der Waals surface area contributed by atoms with Crippen molar-refractivity contribution in [1.82, 2.24) is 15.0 Å². The summed E-state index contributed by atoms with van der Waals surface area (Å²) in [6, 6.07) is 6.23. The average Bonchev–Trinajstić information content (AvgIpc) is 3.01. The number of anilines is 2. The number of pyridine rings is 3. The summed E-state index contributed by atoms with van der Waals surface area (Å²) in [7, 11) is 1.08. The van der Waals surface area contributed by atoms with Crippen molar-refractivity contribution in [3.05, 3.63) is 63.6 Å². The van der Waals surface area contributed by atoms with E-state index in [0.717, 1.165) is 43.5 Å². The van der Waals surface area contributed by atoms with Gasteiger partial charge in [0.25, 0.3) is 17.7 Å². The minimum Gasteiger partial charge on any atom is -0.479 e. The maximum atomic E-state index is 13.0. The number of ether oxygens (including phenoxy) is 4. The number of nitro groups is 1. The molecule has 3 heterocycles. The van der Waals surface area contributed by atoms with E-state index in [-0.39, 0.29) is 17.1 Å². The standard InChI is InChI=1S/C25H20N6O15/c1-43-25(40)15-5-4-14(23(30-15)45-9-18(34)35)27-20(38)11-2-3-13(22(28-11)44-8-17(32)33)26-21(39)12-6-7-16(31(41)42)24(29-12)46-10-19(36)37/h2-7H,8-10H2,1H3,(H,26,39)(H,27,38)(H,32,33)(H,34,35)(H,36,37). The number of nitrogens with one attached hydrogen (secondary N) is 2. The number of hydrogen-bond acceptors (Lipinski definition) is 15. The van der Waals surface area contributed by atoms with Crippen LogP contribution in [0, 0.1) is 10.1 Å². The predicted octanol–water partition coefficient (Wildman–Crippen LogP) is 0.461. The van der Waals surface area contributed by atoms with Gasteiger partial charge in [0, 0.05) is 6.07 Å². The van der Waals surface area contributed by atoms with Crippen LogP contribution in [0.4, 0.5) is 17.1 Å². The van der Waals surface area contributed by atoms with E-state index in [1.807, 2.05) is 0 Å². The van der Waals surface area contributed by atoms with Gasteiger partial charge in [-0.15, -0.1) is 0 Å². The van der Waals surface area contributed by atoms with Gasteiger partial charge in [-0.3, -0.25) is 19.7 Å². The Morgan fingerprint density at radius 3 is 1.50 bits per heavy atom. The second-order valence-corrected chi connectivity index (χ2v) is 8.32. The van der Waals surface area contributed by atoms with Crippen LogP contribution in [-0.2, 0) is 19.1 Å². The van der Waals surface area contributed by atoms with E-state index >= 15 is 0 Å². The van der Waals surface area contributed by atoms with Gasteiger partial charge in [-0.25, -0.2) is 34.1 Å². The number of hydrogen-bond donors (Lipinski definition) is 5. The maximum Gasteiger partial charge on any atom is 0.356 e. The number of amides is 2. The van der Waals surface area contributed by atoms with Crippen LogP contribution in [0.15, 0.2) is 36.4 Å². The van der Waals surface area contributed by atoms with Crippen LogP contribution >= 0.6 is 0 Å². The summed E-state index contributed by atoms with van der Waals surface area (Å²) < 4.78 is 19.5. The molecular weight excluding hydrogens is 624 g/mol. The largest absolute Gasteiger partial charge is 0.479 e. The van der Waals surface area contributed by atoms with Crippen LogP contribution < -0.4 is 24.8 Å². The van der Waals surface area contributed by atoms with E-state index in [9.17, 15) is 38.9 Å². The van der Waals surface area contributed by atoms with Crippen molar-refractivity contribution in [3.63, 3.8) is 0 Å². The quantitative estimate of drug-likeness (QED) is 0.0852. The smallest absolute Gasteiger partial charge is 0.356 e. The van der Waals surface area contributed by atoms with Crippen LogP contribution in [0.1, 0.15) is 31.5 Å². The predicted molar refractivity (Wildman–Crippen MR) is 146 cm³/mol. The van der Waals surface area contributed by atoms with Gasteiger partial charge in [0.2, 0.25) is 11.8 Å². The number of methoxy groups -OCH3 is 1. The van der Waals surface area contributed by atoms with Gasteiger partial charge in [-0.1, -0.05) is 0 Å². The summed E-state index contributed by atoms with van der Waals surface area (Å²) >= 11 is 0. The third kappa shape index (κ3) is 9.03. The number of carbonyl (C=O) groups excluding carboxylic acids is 3. The van der Waals surface area contributed by atoms with Crippen molar-refractivity contribution >= 4 is 52.8 Å². The molecule has 0 spiro atoms. The first-order valence-electron chi connectivity index (χ1n) is 12.2. The second-order valence-electron chi connectivity index (χ2n) is 8.32. The number of aliphatic carboxylic acids is 3. The maximum absolute atomic E-state index is 13.0. The highest BCUT2D eigenvalue weighted by Gasteiger charge is 2.23. The van der Waals surface area contributed by atoms with E-state index in [1.54, 1.807) is 0 Å². The molecular formula is C25H20N6O15. The molecule has 0 atom stereocenters. The van der Waals surface area contributed by atoms with Crippen molar-refractivity contribution in [2.24, 2.45) is 0 Å². The Bertz CT molecular complexity index is 1730. The van der Waals surface area contributed by atoms with Gasteiger partial charge in [0.05, 0.1) is 12.0 Å². The van der Waals surface area contributed by atoms with Crippen molar-refractivity contribution < 1.29 is 68.0 Å². The molecule has 21 nitrogen and oxygen atoms in total. The lowest BCUT2D eigenvalue weighted by atomic mass is 10.2. The fourth-order valence-corrected chi connectivity index (χ4v) is 3.20. The number of carbonyl (C=O) groups is 6. The fraction of sp³-hybridized carbons (Fsp3) is 0.160. The van der Waals surface area contributed by atoms with Crippen molar-refractivity contribution in [2.75, 3.05) is 37.6 Å². The molecule has 5 N–H and O–H groups in total. The third-order valence-corrected chi connectivity index (χ3v) is 5.11. The lowest BCUT2D eigenvalue weighted by Crippen LogP contribution is -2.20. The number of esters is 1.